The minimum absolute atomic E-state index is 0.323. The van der Waals surface area contributed by atoms with Crippen LogP contribution in [0.25, 0.3) is 0 Å². The first-order valence-electron chi connectivity index (χ1n) is 4.91. The van der Waals surface area contributed by atoms with E-state index in [0.29, 0.717) is 27.4 Å². The molecule has 0 unspecified atom stereocenters. The maximum Gasteiger partial charge on any atom is 0.238 e. The monoisotopic (exact) mass is 268 g/mol. The number of ether oxygens (including phenoxy) is 1. The molecule has 88 valence electrons. The molecule has 5 heteroatoms. The molecule has 1 aromatic heterocycles. The zero-order chi connectivity index (χ0) is 12.4. The van der Waals surface area contributed by atoms with Crippen molar-refractivity contribution in [3.63, 3.8) is 0 Å². The predicted molar refractivity (Wildman–Crippen MR) is 69.9 cm³/mol. The highest BCUT2D eigenvalue weighted by Gasteiger charge is 2.07. The van der Waals surface area contributed by atoms with Gasteiger partial charge < -0.3 is 10.5 Å². The van der Waals surface area contributed by atoms with Crippen LogP contribution in [0.15, 0.2) is 30.5 Å². The van der Waals surface area contributed by atoms with Gasteiger partial charge in [0.15, 0.2) is 0 Å². The highest BCUT2D eigenvalue weighted by Crippen LogP contribution is 2.31. The average molecular weight is 269 g/mol. The van der Waals surface area contributed by atoms with E-state index in [0.717, 1.165) is 5.56 Å². The number of benzene rings is 1. The topological polar surface area (TPSA) is 48.1 Å². The number of halogens is 2. The van der Waals surface area contributed by atoms with Crippen LogP contribution in [0, 0.1) is 6.92 Å². The van der Waals surface area contributed by atoms with Gasteiger partial charge in [-0.15, -0.1) is 0 Å². The number of rotatable bonds is 2. The maximum absolute atomic E-state index is 5.97. The number of hydrogen-bond acceptors (Lipinski definition) is 3. The van der Waals surface area contributed by atoms with Crippen LogP contribution in [-0.2, 0) is 0 Å². The number of pyridine rings is 1. The Kier molecular flexibility index (Phi) is 3.41. The zero-order valence-electron chi connectivity index (χ0n) is 9.08. The lowest BCUT2D eigenvalue weighted by Gasteiger charge is -2.09. The Labute approximate surface area is 109 Å². The van der Waals surface area contributed by atoms with E-state index in [2.05, 4.69) is 4.98 Å². The van der Waals surface area contributed by atoms with Gasteiger partial charge in [0.2, 0.25) is 5.88 Å². The molecule has 2 aromatic rings. The molecular weight excluding hydrogens is 259 g/mol. The number of hydrogen-bond donors (Lipinski definition) is 1. The van der Waals surface area contributed by atoms with Crippen LogP contribution in [0.4, 0.5) is 5.69 Å². The fourth-order valence-corrected chi connectivity index (χ4v) is 1.79. The summed E-state index contributed by atoms with van der Waals surface area (Å²) in [6.07, 6.45) is 1.48. The number of nitrogens with zero attached hydrogens (tertiary/aromatic N) is 1. The standard InChI is InChI=1S/C12H10Cl2N2O/c1-7-4-9(15)2-3-11(7)17-12-10(14)5-8(13)6-16-12/h2-6H,15H2,1H3. The molecule has 0 fully saturated rings. The lowest BCUT2D eigenvalue weighted by molar-refractivity contribution is 0.460. The third kappa shape index (κ3) is 2.81. The van der Waals surface area contributed by atoms with Crippen LogP contribution in [0.2, 0.25) is 10.0 Å². The summed E-state index contributed by atoms with van der Waals surface area (Å²) in [6.45, 7) is 1.90. The molecule has 0 spiro atoms. The fourth-order valence-electron chi connectivity index (χ4n) is 1.37. The van der Waals surface area contributed by atoms with Crippen LogP contribution in [0.1, 0.15) is 5.56 Å². The van der Waals surface area contributed by atoms with Crippen molar-refractivity contribution in [3.8, 4) is 11.6 Å². The molecule has 3 nitrogen and oxygen atoms in total. The number of anilines is 1. The van der Waals surface area contributed by atoms with Gasteiger partial charge in [0.1, 0.15) is 10.8 Å². The highest BCUT2D eigenvalue weighted by molar-refractivity contribution is 6.35. The van der Waals surface area contributed by atoms with E-state index in [1.165, 1.54) is 6.20 Å². The molecule has 0 amide bonds. The molecule has 0 aliphatic heterocycles. The summed E-state index contributed by atoms with van der Waals surface area (Å²) in [7, 11) is 0. The van der Waals surface area contributed by atoms with E-state index in [-0.39, 0.29) is 0 Å². The Hall–Kier alpha value is -1.45. The van der Waals surface area contributed by atoms with Crippen molar-refractivity contribution >= 4 is 28.9 Å². The molecular formula is C12H10Cl2N2O. The Balaban J connectivity index is 2.31. The van der Waals surface area contributed by atoms with Crippen LogP contribution in [0.5, 0.6) is 11.6 Å². The molecule has 1 aromatic carbocycles. The van der Waals surface area contributed by atoms with Gasteiger partial charge in [-0.2, -0.15) is 0 Å². The molecule has 2 rings (SSSR count). The van der Waals surface area contributed by atoms with Crippen molar-refractivity contribution in [1.29, 1.82) is 0 Å². The lowest BCUT2D eigenvalue weighted by Crippen LogP contribution is -1.93. The molecule has 0 saturated carbocycles. The Morgan fingerprint density at radius 1 is 1.24 bits per heavy atom. The molecule has 2 N–H and O–H groups in total. The third-order valence-corrected chi connectivity index (χ3v) is 2.66. The van der Waals surface area contributed by atoms with Gasteiger partial charge >= 0.3 is 0 Å². The summed E-state index contributed by atoms with van der Waals surface area (Å²) in [5.74, 6) is 0.986. The number of nitrogen functional groups attached to an aromatic ring is 1. The normalized spacial score (nSPS) is 10.3. The van der Waals surface area contributed by atoms with E-state index >= 15 is 0 Å². The highest BCUT2D eigenvalue weighted by atomic mass is 35.5. The summed E-state index contributed by atoms with van der Waals surface area (Å²) in [5, 5.41) is 0.838. The van der Waals surface area contributed by atoms with E-state index in [9.17, 15) is 0 Å². The lowest BCUT2D eigenvalue weighted by atomic mass is 10.2. The van der Waals surface area contributed by atoms with Gasteiger partial charge in [-0.3, -0.25) is 0 Å². The average Bonchev–Trinajstić information content (AvgIpc) is 2.25. The van der Waals surface area contributed by atoms with Crippen molar-refractivity contribution in [2.75, 3.05) is 5.73 Å². The second-order valence-corrected chi connectivity index (χ2v) is 4.41. The number of nitrogens with two attached hydrogens (primary N) is 1. The summed E-state index contributed by atoms with van der Waals surface area (Å²) in [5.41, 5.74) is 7.26. The van der Waals surface area contributed by atoms with Crippen LogP contribution >= 0.6 is 23.2 Å². The minimum atomic E-state index is 0.323. The molecule has 17 heavy (non-hydrogen) atoms. The SMILES string of the molecule is Cc1cc(N)ccc1Oc1ncc(Cl)cc1Cl. The Morgan fingerprint density at radius 2 is 2.00 bits per heavy atom. The van der Waals surface area contributed by atoms with Gasteiger partial charge in [0.25, 0.3) is 0 Å². The molecule has 0 aliphatic carbocycles. The zero-order valence-corrected chi connectivity index (χ0v) is 10.6. The summed E-state index contributed by atoms with van der Waals surface area (Å²) < 4.78 is 5.59. The summed E-state index contributed by atoms with van der Waals surface area (Å²) in [6, 6.07) is 6.93. The van der Waals surface area contributed by atoms with Crippen molar-refractivity contribution in [2.45, 2.75) is 6.92 Å². The predicted octanol–water partition coefficient (Wildman–Crippen LogP) is 4.07. The van der Waals surface area contributed by atoms with E-state index in [4.69, 9.17) is 33.7 Å². The molecule has 1 heterocycles. The second kappa shape index (κ2) is 4.82. The van der Waals surface area contributed by atoms with E-state index in [1.807, 2.05) is 13.0 Å². The number of aromatic nitrogens is 1. The van der Waals surface area contributed by atoms with Crippen LogP contribution in [-0.4, -0.2) is 4.98 Å². The van der Waals surface area contributed by atoms with Crippen molar-refractivity contribution < 1.29 is 4.74 Å². The smallest absolute Gasteiger partial charge is 0.238 e. The molecule has 0 radical (unpaired) electrons. The maximum atomic E-state index is 5.97. The third-order valence-electron chi connectivity index (χ3n) is 2.18. The Morgan fingerprint density at radius 3 is 2.65 bits per heavy atom. The van der Waals surface area contributed by atoms with E-state index in [1.54, 1.807) is 18.2 Å². The summed E-state index contributed by atoms with van der Waals surface area (Å²) in [4.78, 5) is 4.02. The van der Waals surface area contributed by atoms with Gasteiger partial charge in [0, 0.05) is 11.9 Å². The first-order valence-corrected chi connectivity index (χ1v) is 5.67. The molecule has 0 atom stereocenters. The van der Waals surface area contributed by atoms with Gasteiger partial charge in [-0.05, 0) is 36.8 Å². The molecule has 0 bridgehead atoms. The van der Waals surface area contributed by atoms with Gasteiger partial charge in [-0.1, -0.05) is 23.2 Å². The van der Waals surface area contributed by atoms with Crippen molar-refractivity contribution in [1.82, 2.24) is 4.98 Å². The first-order chi connectivity index (χ1) is 8.06. The molecule has 0 saturated heterocycles. The van der Waals surface area contributed by atoms with Crippen molar-refractivity contribution in [3.05, 3.63) is 46.1 Å². The first kappa shape index (κ1) is 12.0. The van der Waals surface area contributed by atoms with Crippen LogP contribution in [0.3, 0.4) is 0 Å². The summed E-state index contributed by atoms with van der Waals surface area (Å²) >= 11 is 11.7. The van der Waals surface area contributed by atoms with Crippen LogP contribution < -0.4 is 10.5 Å². The Bertz CT molecular complexity index is 509. The quantitative estimate of drug-likeness (QED) is 0.836. The van der Waals surface area contributed by atoms with Crippen molar-refractivity contribution in [2.24, 2.45) is 0 Å². The van der Waals surface area contributed by atoms with Gasteiger partial charge in [0.05, 0.1) is 5.02 Å². The number of aryl methyl sites for hydroxylation is 1. The van der Waals surface area contributed by atoms with E-state index < -0.39 is 0 Å². The minimum Gasteiger partial charge on any atom is -0.437 e. The fraction of sp³-hybridized carbons (Fsp3) is 0.0833. The molecule has 0 aliphatic rings. The largest absolute Gasteiger partial charge is 0.437 e. The second-order valence-electron chi connectivity index (χ2n) is 3.57. The van der Waals surface area contributed by atoms with Gasteiger partial charge in [-0.25, -0.2) is 4.98 Å².